The molecule has 0 radical (unpaired) electrons. The average molecular weight is 380 g/mol. The largest absolute Gasteiger partial charge is 0.485 e. The maximum atomic E-state index is 13.0. The smallest absolute Gasteiger partial charge is 0.416 e. The lowest BCUT2D eigenvalue weighted by atomic mass is 9.87. The van der Waals surface area contributed by atoms with Gasteiger partial charge in [0.2, 0.25) is 0 Å². The summed E-state index contributed by atoms with van der Waals surface area (Å²) >= 11 is 6.42. The SMILES string of the molecule is CC(C)(C)OC(=O)N[C@@H]1[C@@H](Cl)c2cc(C(F)(F)F)ccc2OC1(C)C. The van der Waals surface area contributed by atoms with E-state index < -0.39 is 40.5 Å². The van der Waals surface area contributed by atoms with Crippen LogP contribution in [0.25, 0.3) is 0 Å². The molecule has 1 aromatic carbocycles. The van der Waals surface area contributed by atoms with Gasteiger partial charge in [-0.1, -0.05) is 0 Å². The minimum absolute atomic E-state index is 0.178. The molecule has 2 atom stereocenters. The Morgan fingerprint density at radius 3 is 2.40 bits per heavy atom. The minimum atomic E-state index is -4.49. The van der Waals surface area contributed by atoms with Gasteiger partial charge < -0.3 is 14.8 Å². The van der Waals surface area contributed by atoms with Gasteiger partial charge in [-0.25, -0.2) is 4.79 Å². The topological polar surface area (TPSA) is 47.6 Å². The molecule has 1 N–H and O–H groups in total. The molecule has 1 amide bonds. The molecule has 8 heteroatoms. The summed E-state index contributed by atoms with van der Waals surface area (Å²) in [5.74, 6) is 0.264. The highest BCUT2D eigenvalue weighted by Gasteiger charge is 2.45. The van der Waals surface area contributed by atoms with E-state index in [0.29, 0.717) is 0 Å². The van der Waals surface area contributed by atoms with E-state index >= 15 is 0 Å². The fraction of sp³-hybridized carbons (Fsp3) is 0.588. The van der Waals surface area contributed by atoms with Crippen molar-refractivity contribution in [3.8, 4) is 5.75 Å². The van der Waals surface area contributed by atoms with Crippen molar-refractivity contribution in [2.45, 2.75) is 63.4 Å². The van der Waals surface area contributed by atoms with Crippen molar-refractivity contribution in [3.05, 3.63) is 29.3 Å². The standard InChI is InChI=1S/C17H21ClF3NO3/c1-15(2,3)25-14(23)22-13-12(18)10-8-9(17(19,20)21)6-7-11(10)24-16(13,4)5/h6-8,12-13H,1-5H3,(H,22,23)/t12-,13+/m0/s1. The highest BCUT2D eigenvalue weighted by atomic mass is 35.5. The van der Waals surface area contributed by atoms with Crippen LogP contribution in [0.1, 0.15) is 51.1 Å². The number of rotatable bonds is 1. The summed E-state index contributed by atoms with van der Waals surface area (Å²) in [6.07, 6.45) is -5.21. The second kappa shape index (κ2) is 6.27. The molecular weight excluding hydrogens is 359 g/mol. The Balaban J connectivity index is 2.33. The summed E-state index contributed by atoms with van der Waals surface area (Å²) in [7, 11) is 0. The molecule has 0 aliphatic carbocycles. The fourth-order valence-electron chi connectivity index (χ4n) is 2.59. The first kappa shape index (κ1) is 19.7. The van der Waals surface area contributed by atoms with Crippen LogP contribution in [0.3, 0.4) is 0 Å². The number of alkyl halides is 4. The zero-order chi connectivity index (χ0) is 19.2. The van der Waals surface area contributed by atoms with Gasteiger partial charge >= 0.3 is 12.3 Å². The Morgan fingerprint density at radius 1 is 1.28 bits per heavy atom. The van der Waals surface area contributed by atoms with Crippen LogP contribution in [-0.2, 0) is 10.9 Å². The molecule has 0 saturated carbocycles. The lowest BCUT2D eigenvalue weighted by Gasteiger charge is -2.43. The van der Waals surface area contributed by atoms with Gasteiger partial charge in [0.25, 0.3) is 0 Å². The first-order valence-electron chi connectivity index (χ1n) is 7.74. The van der Waals surface area contributed by atoms with Crippen molar-refractivity contribution in [2.75, 3.05) is 0 Å². The molecule has 25 heavy (non-hydrogen) atoms. The summed E-state index contributed by atoms with van der Waals surface area (Å²) in [5.41, 5.74) is -2.30. The maximum absolute atomic E-state index is 13.0. The number of hydrogen-bond donors (Lipinski definition) is 1. The van der Waals surface area contributed by atoms with Gasteiger partial charge in [0.1, 0.15) is 17.0 Å². The van der Waals surface area contributed by atoms with Gasteiger partial charge in [-0.05, 0) is 52.8 Å². The summed E-state index contributed by atoms with van der Waals surface area (Å²) < 4.78 is 49.9. The monoisotopic (exact) mass is 379 g/mol. The fourth-order valence-corrected chi connectivity index (χ4v) is 3.13. The van der Waals surface area contributed by atoms with E-state index in [1.807, 2.05) is 0 Å². The molecule has 1 aromatic rings. The number of alkyl carbamates (subject to hydrolysis) is 1. The minimum Gasteiger partial charge on any atom is -0.485 e. The number of ether oxygens (including phenoxy) is 2. The Labute approximate surface area is 149 Å². The Hall–Kier alpha value is -1.63. The van der Waals surface area contributed by atoms with Crippen LogP contribution in [0, 0.1) is 0 Å². The molecule has 0 aromatic heterocycles. The average Bonchev–Trinajstić information content (AvgIpc) is 2.39. The van der Waals surface area contributed by atoms with E-state index in [-0.39, 0.29) is 11.3 Å². The third-order valence-corrected chi connectivity index (χ3v) is 4.21. The van der Waals surface area contributed by atoms with E-state index in [2.05, 4.69) is 5.32 Å². The van der Waals surface area contributed by atoms with E-state index in [4.69, 9.17) is 21.1 Å². The summed E-state index contributed by atoms with van der Waals surface area (Å²) in [6, 6.07) is 2.37. The van der Waals surface area contributed by atoms with Crippen LogP contribution >= 0.6 is 11.6 Å². The number of nitrogens with one attached hydrogen (secondary N) is 1. The normalized spacial score (nSPS) is 22.6. The maximum Gasteiger partial charge on any atom is 0.416 e. The molecule has 0 bridgehead atoms. The third-order valence-electron chi connectivity index (χ3n) is 3.72. The van der Waals surface area contributed by atoms with Crippen LogP contribution in [0.2, 0.25) is 0 Å². The second-order valence-electron chi connectivity index (χ2n) is 7.48. The first-order chi connectivity index (χ1) is 11.2. The van der Waals surface area contributed by atoms with E-state index in [0.717, 1.165) is 12.1 Å². The summed E-state index contributed by atoms with van der Waals surface area (Å²) in [6.45, 7) is 8.52. The van der Waals surface area contributed by atoms with Gasteiger partial charge in [-0.2, -0.15) is 13.2 Å². The van der Waals surface area contributed by atoms with Crippen molar-refractivity contribution in [1.29, 1.82) is 0 Å². The molecule has 0 fully saturated rings. The number of carbonyl (C=O) groups excluding carboxylic acids is 1. The van der Waals surface area contributed by atoms with Gasteiger partial charge in [-0.3, -0.25) is 0 Å². The zero-order valence-corrected chi connectivity index (χ0v) is 15.4. The molecule has 1 aliphatic heterocycles. The van der Waals surface area contributed by atoms with Crippen molar-refractivity contribution < 1.29 is 27.4 Å². The molecule has 2 rings (SSSR count). The Kier molecular flexibility index (Phi) is 4.94. The summed E-state index contributed by atoms with van der Waals surface area (Å²) in [5, 5.41) is 1.71. The van der Waals surface area contributed by atoms with Crippen molar-refractivity contribution in [2.24, 2.45) is 0 Å². The molecule has 1 aliphatic rings. The molecule has 140 valence electrons. The quantitative estimate of drug-likeness (QED) is 0.694. The van der Waals surface area contributed by atoms with Crippen LogP contribution in [0.5, 0.6) is 5.75 Å². The number of benzene rings is 1. The van der Waals surface area contributed by atoms with Crippen LogP contribution in [0.4, 0.5) is 18.0 Å². The second-order valence-corrected chi connectivity index (χ2v) is 7.95. The van der Waals surface area contributed by atoms with Gasteiger partial charge in [-0.15, -0.1) is 11.6 Å². The summed E-state index contributed by atoms with van der Waals surface area (Å²) in [4.78, 5) is 12.1. The number of fused-ring (bicyclic) bond motifs is 1. The third kappa shape index (κ3) is 4.51. The van der Waals surface area contributed by atoms with Crippen LogP contribution in [0.15, 0.2) is 18.2 Å². The first-order valence-corrected chi connectivity index (χ1v) is 8.18. The number of carbonyl (C=O) groups is 1. The lowest BCUT2D eigenvalue weighted by molar-refractivity contribution is -0.137. The van der Waals surface area contributed by atoms with Crippen molar-refractivity contribution in [1.82, 2.24) is 5.32 Å². The van der Waals surface area contributed by atoms with Crippen molar-refractivity contribution >= 4 is 17.7 Å². The predicted molar refractivity (Wildman–Crippen MR) is 87.9 cm³/mol. The number of amides is 1. The van der Waals surface area contributed by atoms with Crippen LogP contribution in [-0.4, -0.2) is 23.3 Å². The van der Waals surface area contributed by atoms with Gasteiger partial charge in [0.15, 0.2) is 0 Å². The molecular formula is C17H21ClF3NO3. The Morgan fingerprint density at radius 2 is 1.88 bits per heavy atom. The molecule has 0 spiro atoms. The van der Waals surface area contributed by atoms with Gasteiger partial charge in [0.05, 0.1) is 17.0 Å². The van der Waals surface area contributed by atoms with E-state index in [1.54, 1.807) is 34.6 Å². The molecule has 1 heterocycles. The number of hydrogen-bond acceptors (Lipinski definition) is 3. The van der Waals surface area contributed by atoms with E-state index in [1.165, 1.54) is 6.07 Å². The van der Waals surface area contributed by atoms with Crippen LogP contribution < -0.4 is 10.1 Å². The van der Waals surface area contributed by atoms with Crippen molar-refractivity contribution in [3.63, 3.8) is 0 Å². The highest BCUT2D eigenvalue weighted by Crippen LogP contribution is 2.45. The van der Waals surface area contributed by atoms with E-state index in [9.17, 15) is 18.0 Å². The molecule has 0 unspecified atom stereocenters. The number of halogens is 4. The lowest BCUT2D eigenvalue weighted by Crippen LogP contribution is -2.57. The Bertz CT molecular complexity index is 668. The molecule has 0 saturated heterocycles. The highest BCUT2D eigenvalue weighted by molar-refractivity contribution is 6.21. The molecule has 4 nitrogen and oxygen atoms in total. The van der Waals surface area contributed by atoms with Gasteiger partial charge in [0, 0.05) is 5.56 Å². The predicted octanol–water partition coefficient (Wildman–Crippen LogP) is 5.05. The zero-order valence-electron chi connectivity index (χ0n) is 14.6.